The van der Waals surface area contributed by atoms with E-state index in [1.807, 2.05) is 54.6 Å². The first-order valence-electron chi connectivity index (χ1n) is 6.99. The van der Waals surface area contributed by atoms with E-state index in [-0.39, 0.29) is 6.04 Å². The quantitative estimate of drug-likeness (QED) is 0.828. The third kappa shape index (κ3) is 4.59. The number of nitrogens with two attached hydrogens (primary N) is 1. The summed E-state index contributed by atoms with van der Waals surface area (Å²) in [5, 5.41) is 0. The van der Waals surface area contributed by atoms with E-state index in [2.05, 4.69) is 6.92 Å². The van der Waals surface area contributed by atoms with Crippen molar-refractivity contribution in [3.63, 3.8) is 0 Å². The minimum absolute atomic E-state index is 0.0974. The first kappa shape index (κ1) is 14.4. The minimum atomic E-state index is 0.0974. The molecule has 2 rings (SSSR count). The SMILES string of the molecule is CCCC(N)COc1ccc(Oc2ccccc2)cc1. The lowest BCUT2D eigenvalue weighted by molar-refractivity contribution is 0.281. The minimum Gasteiger partial charge on any atom is -0.492 e. The van der Waals surface area contributed by atoms with Gasteiger partial charge in [0.05, 0.1) is 0 Å². The molecule has 20 heavy (non-hydrogen) atoms. The van der Waals surface area contributed by atoms with Gasteiger partial charge >= 0.3 is 0 Å². The van der Waals surface area contributed by atoms with Crippen molar-refractivity contribution in [2.24, 2.45) is 5.73 Å². The molecule has 3 heteroatoms. The predicted molar refractivity (Wildman–Crippen MR) is 81.3 cm³/mol. The van der Waals surface area contributed by atoms with Crippen molar-refractivity contribution in [1.29, 1.82) is 0 Å². The summed E-state index contributed by atoms with van der Waals surface area (Å²) in [5.74, 6) is 2.43. The molecule has 0 radical (unpaired) electrons. The molecule has 0 aliphatic rings. The lowest BCUT2D eigenvalue weighted by Crippen LogP contribution is -2.27. The van der Waals surface area contributed by atoms with Gasteiger partial charge in [-0.05, 0) is 42.8 Å². The van der Waals surface area contributed by atoms with E-state index < -0.39 is 0 Å². The summed E-state index contributed by atoms with van der Waals surface area (Å²) in [5.41, 5.74) is 5.91. The van der Waals surface area contributed by atoms with E-state index in [1.54, 1.807) is 0 Å². The first-order chi connectivity index (χ1) is 9.78. The zero-order valence-electron chi connectivity index (χ0n) is 11.8. The third-order valence-electron chi connectivity index (χ3n) is 2.93. The number of benzene rings is 2. The van der Waals surface area contributed by atoms with Crippen molar-refractivity contribution < 1.29 is 9.47 Å². The number of rotatable bonds is 7. The van der Waals surface area contributed by atoms with Gasteiger partial charge in [-0.25, -0.2) is 0 Å². The van der Waals surface area contributed by atoms with Gasteiger partial charge in [-0.2, -0.15) is 0 Å². The molecular weight excluding hydrogens is 250 g/mol. The van der Waals surface area contributed by atoms with Crippen molar-refractivity contribution in [3.8, 4) is 17.2 Å². The molecule has 2 aromatic carbocycles. The number of ether oxygens (including phenoxy) is 2. The molecule has 3 nitrogen and oxygen atoms in total. The van der Waals surface area contributed by atoms with E-state index in [9.17, 15) is 0 Å². The fourth-order valence-corrected chi connectivity index (χ4v) is 1.89. The van der Waals surface area contributed by atoms with Gasteiger partial charge in [0.15, 0.2) is 0 Å². The largest absolute Gasteiger partial charge is 0.492 e. The number of hydrogen-bond acceptors (Lipinski definition) is 3. The molecule has 0 aliphatic carbocycles. The van der Waals surface area contributed by atoms with E-state index in [0.717, 1.165) is 30.1 Å². The zero-order valence-corrected chi connectivity index (χ0v) is 11.8. The second-order valence-corrected chi connectivity index (χ2v) is 4.75. The maximum atomic E-state index is 5.91. The van der Waals surface area contributed by atoms with Gasteiger partial charge in [-0.3, -0.25) is 0 Å². The highest BCUT2D eigenvalue weighted by atomic mass is 16.5. The number of para-hydroxylation sites is 1. The van der Waals surface area contributed by atoms with E-state index in [1.165, 1.54) is 0 Å². The maximum absolute atomic E-state index is 5.91. The highest BCUT2D eigenvalue weighted by Crippen LogP contribution is 2.23. The summed E-state index contributed by atoms with van der Waals surface area (Å²) in [6, 6.07) is 17.4. The third-order valence-corrected chi connectivity index (χ3v) is 2.93. The molecule has 0 spiro atoms. The molecule has 2 N–H and O–H groups in total. The van der Waals surface area contributed by atoms with Crippen molar-refractivity contribution in [2.45, 2.75) is 25.8 Å². The van der Waals surface area contributed by atoms with Gasteiger partial charge in [0.25, 0.3) is 0 Å². The Labute approximate surface area is 120 Å². The second kappa shape index (κ2) is 7.56. The molecule has 0 heterocycles. The van der Waals surface area contributed by atoms with Gasteiger partial charge < -0.3 is 15.2 Å². The molecule has 1 unspecified atom stereocenters. The molecule has 0 saturated heterocycles. The van der Waals surface area contributed by atoms with Gasteiger partial charge in [0, 0.05) is 6.04 Å². The molecule has 106 valence electrons. The molecule has 0 fully saturated rings. The summed E-state index contributed by atoms with van der Waals surface area (Å²) in [4.78, 5) is 0. The highest BCUT2D eigenvalue weighted by Gasteiger charge is 2.03. The van der Waals surface area contributed by atoms with Crippen LogP contribution in [0.4, 0.5) is 0 Å². The Morgan fingerprint density at radius 1 is 0.900 bits per heavy atom. The van der Waals surface area contributed by atoms with E-state index in [0.29, 0.717) is 6.61 Å². The van der Waals surface area contributed by atoms with Crippen LogP contribution in [-0.4, -0.2) is 12.6 Å². The van der Waals surface area contributed by atoms with Gasteiger partial charge in [-0.15, -0.1) is 0 Å². The van der Waals surface area contributed by atoms with Gasteiger partial charge in [-0.1, -0.05) is 31.5 Å². The van der Waals surface area contributed by atoms with Crippen LogP contribution in [0.2, 0.25) is 0 Å². The van der Waals surface area contributed by atoms with Crippen LogP contribution in [0.25, 0.3) is 0 Å². The Bertz CT molecular complexity index is 496. The van der Waals surface area contributed by atoms with Crippen LogP contribution in [0.3, 0.4) is 0 Å². The Morgan fingerprint density at radius 2 is 1.50 bits per heavy atom. The monoisotopic (exact) mass is 271 g/mol. The van der Waals surface area contributed by atoms with E-state index in [4.69, 9.17) is 15.2 Å². The van der Waals surface area contributed by atoms with Crippen LogP contribution < -0.4 is 15.2 Å². The van der Waals surface area contributed by atoms with E-state index >= 15 is 0 Å². The van der Waals surface area contributed by atoms with Crippen molar-refractivity contribution >= 4 is 0 Å². The normalized spacial score (nSPS) is 11.9. The lowest BCUT2D eigenvalue weighted by atomic mass is 10.2. The molecule has 0 aromatic heterocycles. The number of hydrogen-bond donors (Lipinski definition) is 1. The molecular formula is C17H21NO2. The molecule has 2 aromatic rings. The summed E-state index contributed by atoms with van der Waals surface area (Å²) in [7, 11) is 0. The standard InChI is InChI=1S/C17H21NO2/c1-2-6-14(18)13-19-15-9-11-17(12-10-15)20-16-7-4-3-5-8-16/h3-5,7-12,14H,2,6,13,18H2,1H3. The van der Waals surface area contributed by atoms with Crippen LogP contribution in [-0.2, 0) is 0 Å². The van der Waals surface area contributed by atoms with Gasteiger partial charge in [0.1, 0.15) is 23.9 Å². The Balaban J connectivity index is 1.87. The summed E-state index contributed by atoms with van der Waals surface area (Å²) < 4.78 is 11.4. The van der Waals surface area contributed by atoms with Crippen LogP contribution in [0.15, 0.2) is 54.6 Å². The summed E-state index contributed by atoms with van der Waals surface area (Å²) >= 11 is 0. The Morgan fingerprint density at radius 3 is 2.15 bits per heavy atom. The van der Waals surface area contributed by atoms with Crippen LogP contribution in [0.1, 0.15) is 19.8 Å². The summed E-state index contributed by atoms with van der Waals surface area (Å²) in [6.07, 6.45) is 2.06. The summed E-state index contributed by atoms with van der Waals surface area (Å²) in [6.45, 7) is 2.67. The molecule has 1 atom stereocenters. The topological polar surface area (TPSA) is 44.5 Å². The van der Waals surface area contributed by atoms with Crippen LogP contribution >= 0.6 is 0 Å². The molecule has 0 bridgehead atoms. The van der Waals surface area contributed by atoms with Crippen molar-refractivity contribution in [1.82, 2.24) is 0 Å². The van der Waals surface area contributed by atoms with Crippen LogP contribution in [0.5, 0.6) is 17.2 Å². The maximum Gasteiger partial charge on any atom is 0.127 e. The fraction of sp³-hybridized carbons (Fsp3) is 0.294. The molecule has 0 aliphatic heterocycles. The smallest absolute Gasteiger partial charge is 0.127 e. The van der Waals surface area contributed by atoms with Gasteiger partial charge in [0.2, 0.25) is 0 Å². The van der Waals surface area contributed by atoms with Crippen molar-refractivity contribution in [2.75, 3.05) is 6.61 Å². The zero-order chi connectivity index (χ0) is 14.2. The second-order valence-electron chi connectivity index (χ2n) is 4.75. The molecule has 0 saturated carbocycles. The average Bonchev–Trinajstić information content (AvgIpc) is 2.48. The predicted octanol–water partition coefficient (Wildman–Crippen LogP) is 3.99. The lowest BCUT2D eigenvalue weighted by Gasteiger charge is -2.12. The first-order valence-corrected chi connectivity index (χ1v) is 6.99. The highest BCUT2D eigenvalue weighted by molar-refractivity contribution is 5.35. The van der Waals surface area contributed by atoms with Crippen molar-refractivity contribution in [3.05, 3.63) is 54.6 Å². The Hall–Kier alpha value is -2.00. The Kier molecular flexibility index (Phi) is 5.44. The fourth-order valence-electron chi connectivity index (χ4n) is 1.89. The average molecular weight is 271 g/mol. The molecule has 0 amide bonds. The van der Waals surface area contributed by atoms with Crippen LogP contribution in [0, 0.1) is 0 Å².